The van der Waals surface area contributed by atoms with Crippen LogP contribution < -0.4 is 5.32 Å². The highest BCUT2D eigenvalue weighted by Crippen LogP contribution is 2.18. The van der Waals surface area contributed by atoms with Gasteiger partial charge in [-0.1, -0.05) is 6.07 Å². The molecule has 2 rings (SSSR count). The van der Waals surface area contributed by atoms with Crippen LogP contribution in [0.2, 0.25) is 0 Å². The fourth-order valence-corrected chi connectivity index (χ4v) is 1.58. The lowest BCUT2D eigenvalue weighted by Gasteiger charge is -2.08. The second-order valence-corrected chi connectivity index (χ2v) is 3.79. The molecular weight excluding hydrogens is 226 g/mol. The number of carbonyl (C=O) groups excluding carboxylic acids is 1. The number of nitrogens with one attached hydrogen (secondary N) is 1. The van der Waals surface area contributed by atoms with Crippen LogP contribution in [0, 0.1) is 18.3 Å². The number of carbonyl (C=O) groups is 1. The smallest absolute Gasteiger partial charge is 0.257 e. The average Bonchev–Trinajstić information content (AvgIpc) is 2.42. The maximum Gasteiger partial charge on any atom is 0.257 e. The number of nitriles is 1. The molecule has 4 nitrogen and oxygen atoms in total. The van der Waals surface area contributed by atoms with E-state index in [4.69, 9.17) is 5.26 Å². The average molecular weight is 237 g/mol. The molecule has 0 aliphatic rings. The van der Waals surface area contributed by atoms with Crippen LogP contribution in [0.3, 0.4) is 0 Å². The predicted molar refractivity (Wildman–Crippen MR) is 68.1 cm³/mol. The Balaban J connectivity index is 2.26. The van der Waals surface area contributed by atoms with Gasteiger partial charge in [0.25, 0.3) is 5.91 Å². The molecule has 1 heterocycles. The van der Waals surface area contributed by atoms with Crippen LogP contribution >= 0.6 is 0 Å². The Morgan fingerprint density at radius 3 is 2.83 bits per heavy atom. The summed E-state index contributed by atoms with van der Waals surface area (Å²) in [6, 6.07) is 10.7. The van der Waals surface area contributed by atoms with Crippen molar-refractivity contribution in [3.05, 3.63) is 59.4 Å². The predicted octanol–water partition coefficient (Wildman–Crippen LogP) is 2.51. The normalized spacial score (nSPS) is 9.56. The summed E-state index contributed by atoms with van der Waals surface area (Å²) in [6.07, 6.45) is 3.11. The Morgan fingerprint density at radius 2 is 2.17 bits per heavy atom. The van der Waals surface area contributed by atoms with Crippen molar-refractivity contribution in [1.82, 2.24) is 4.98 Å². The van der Waals surface area contributed by atoms with Crippen molar-refractivity contribution in [2.75, 3.05) is 5.32 Å². The Bertz CT molecular complexity index is 615. The number of amides is 1. The van der Waals surface area contributed by atoms with Crippen molar-refractivity contribution in [2.24, 2.45) is 0 Å². The number of benzene rings is 1. The van der Waals surface area contributed by atoms with E-state index in [-0.39, 0.29) is 5.91 Å². The first-order chi connectivity index (χ1) is 8.72. The van der Waals surface area contributed by atoms with Crippen LogP contribution in [0.1, 0.15) is 21.5 Å². The number of aromatic nitrogens is 1. The Morgan fingerprint density at radius 1 is 1.33 bits per heavy atom. The van der Waals surface area contributed by atoms with Gasteiger partial charge in [0, 0.05) is 18.1 Å². The first-order valence-electron chi connectivity index (χ1n) is 5.43. The Labute approximate surface area is 105 Å². The highest BCUT2D eigenvalue weighted by Gasteiger charge is 2.09. The summed E-state index contributed by atoms with van der Waals surface area (Å²) >= 11 is 0. The van der Waals surface area contributed by atoms with Gasteiger partial charge >= 0.3 is 0 Å². The molecule has 0 fully saturated rings. The lowest BCUT2D eigenvalue weighted by Crippen LogP contribution is -2.13. The van der Waals surface area contributed by atoms with Gasteiger partial charge in [0.15, 0.2) is 0 Å². The molecular formula is C14H11N3O. The van der Waals surface area contributed by atoms with E-state index in [0.29, 0.717) is 16.8 Å². The van der Waals surface area contributed by atoms with Crippen molar-refractivity contribution in [3.63, 3.8) is 0 Å². The summed E-state index contributed by atoms with van der Waals surface area (Å²) in [5.41, 5.74) is 2.44. The van der Waals surface area contributed by atoms with E-state index in [1.54, 1.807) is 43.5 Å². The molecule has 1 aromatic carbocycles. The summed E-state index contributed by atoms with van der Waals surface area (Å²) in [6.45, 7) is 1.80. The van der Waals surface area contributed by atoms with Crippen LogP contribution in [-0.2, 0) is 0 Å². The molecule has 88 valence electrons. The quantitative estimate of drug-likeness (QED) is 0.872. The summed E-state index contributed by atoms with van der Waals surface area (Å²) < 4.78 is 0. The van der Waals surface area contributed by atoms with Crippen molar-refractivity contribution in [2.45, 2.75) is 6.92 Å². The molecule has 0 aliphatic heterocycles. The molecule has 0 atom stereocenters. The largest absolute Gasteiger partial charge is 0.322 e. The van der Waals surface area contributed by atoms with E-state index in [9.17, 15) is 4.79 Å². The molecule has 0 bridgehead atoms. The minimum Gasteiger partial charge on any atom is -0.322 e. The molecule has 18 heavy (non-hydrogen) atoms. The van der Waals surface area contributed by atoms with Gasteiger partial charge in [-0.2, -0.15) is 5.26 Å². The molecule has 2 aromatic rings. The van der Waals surface area contributed by atoms with Gasteiger partial charge in [0.05, 0.1) is 17.2 Å². The van der Waals surface area contributed by atoms with Gasteiger partial charge < -0.3 is 5.32 Å². The summed E-state index contributed by atoms with van der Waals surface area (Å²) in [5, 5.41) is 11.7. The highest BCUT2D eigenvalue weighted by molar-refractivity contribution is 6.04. The summed E-state index contributed by atoms with van der Waals surface area (Å²) in [7, 11) is 0. The van der Waals surface area contributed by atoms with E-state index in [1.165, 1.54) is 6.20 Å². The van der Waals surface area contributed by atoms with Gasteiger partial charge in [-0.3, -0.25) is 9.78 Å². The maximum atomic E-state index is 11.9. The molecule has 1 amide bonds. The van der Waals surface area contributed by atoms with Crippen molar-refractivity contribution < 1.29 is 4.79 Å². The fraction of sp³-hybridized carbons (Fsp3) is 0.0714. The first kappa shape index (κ1) is 11.8. The van der Waals surface area contributed by atoms with Crippen LogP contribution in [0.25, 0.3) is 0 Å². The third-order valence-corrected chi connectivity index (χ3v) is 2.63. The number of nitrogens with zero attached hydrogens (tertiary/aromatic N) is 2. The van der Waals surface area contributed by atoms with E-state index in [2.05, 4.69) is 16.4 Å². The summed E-state index contributed by atoms with van der Waals surface area (Å²) in [5.74, 6) is -0.235. The van der Waals surface area contributed by atoms with Crippen molar-refractivity contribution in [3.8, 4) is 6.07 Å². The zero-order chi connectivity index (χ0) is 13.0. The monoisotopic (exact) mass is 237 g/mol. The first-order valence-corrected chi connectivity index (χ1v) is 5.43. The molecule has 1 aromatic heterocycles. The van der Waals surface area contributed by atoms with E-state index in [1.807, 2.05) is 0 Å². The highest BCUT2D eigenvalue weighted by atomic mass is 16.1. The van der Waals surface area contributed by atoms with E-state index in [0.717, 1.165) is 5.56 Å². The molecule has 0 spiro atoms. The molecule has 0 unspecified atom stereocenters. The number of hydrogen-bond donors (Lipinski definition) is 1. The second kappa shape index (κ2) is 5.11. The number of hydrogen-bond acceptors (Lipinski definition) is 3. The number of pyridine rings is 1. The van der Waals surface area contributed by atoms with Gasteiger partial charge in [-0.25, -0.2) is 0 Å². The van der Waals surface area contributed by atoms with Gasteiger partial charge in [-0.05, 0) is 36.8 Å². The molecule has 0 aliphatic carbocycles. The van der Waals surface area contributed by atoms with E-state index < -0.39 is 0 Å². The molecule has 1 N–H and O–H groups in total. The molecule has 0 saturated carbocycles. The minimum atomic E-state index is -0.235. The van der Waals surface area contributed by atoms with Crippen molar-refractivity contribution >= 4 is 11.6 Å². The van der Waals surface area contributed by atoms with Crippen LogP contribution in [0.5, 0.6) is 0 Å². The molecule has 0 radical (unpaired) electrons. The third kappa shape index (κ3) is 2.36. The molecule has 0 saturated heterocycles. The van der Waals surface area contributed by atoms with Gasteiger partial charge in [-0.15, -0.1) is 0 Å². The standard InChI is InChI=1S/C14H11N3O/c1-10-11(8-15)4-2-6-13(10)17-14(18)12-5-3-7-16-9-12/h2-7,9H,1H3,(H,17,18). The lowest BCUT2D eigenvalue weighted by molar-refractivity contribution is 0.102. The topological polar surface area (TPSA) is 65.8 Å². The van der Waals surface area contributed by atoms with Crippen LogP contribution in [0.4, 0.5) is 5.69 Å². The van der Waals surface area contributed by atoms with Crippen molar-refractivity contribution in [1.29, 1.82) is 5.26 Å². The maximum absolute atomic E-state index is 11.9. The van der Waals surface area contributed by atoms with E-state index >= 15 is 0 Å². The fourth-order valence-electron chi connectivity index (χ4n) is 1.58. The van der Waals surface area contributed by atoms with Gasteiger partial charge in [0.2, 0.25) is 0 Å². The third-order valence-electron chi connectivity index (χ3n) is 2.63. The van der Waals surface area contributed by atoms with Gasteiger partial charge in [0.1, 0.15) is 0 Å². The van der Waals surface area contributed by atoms with Crippen LogP contribution in [0.15, 0.2) is 42.7 Å². The molecule has 4 heteroatoms. The Hall–Kier alpha value is -2.67. The second-order valence-electron chi connectivity index (χ2n) is 3.79. The van der Waals surface area contributed by atoms with Crippen LogP contribution in [-0.4, -0.2) is 10.9 Å². The minimum absolute atomic E-state index is 0.235. The summed E-state index contributed by atoms with van der Waals surface area (Å²) in [4.78, 5) is 15.8. The zero-order valence-electron chi connectivity index (χ0n) is 9.84. The SMILES string of the molecule is Cc1c(C#N)cccc1NC(=O)c1cccnc1. The lowest BCUT2D eigenvalue weighted by atomic mass is 10.1. The number of anilines is 1. The Kier molecular flexibility index (Phi) is 3.35. The zero-order valence-corrected chi connectivity index (χ0v) is 9.84. The number of rotatable bonds is 2.